The van der Waals surface area contributed by atoms with E-state index in [1.165, 1.54) is 42.8 Å². The third-order valence-corrected chi connectivity index (χ3v) is 17.0. The smallest absolute Gasteiger partial charge is 0.257 e. The molecule has 0 atom stereocenters. The molecule has 3 saturated heterocycles. The van der Waals surface area contributed by atoms with Crippen LogP contribution < -0.4 is 31.9 Å². The Kier molecular flexibility index (Phi) is 23.7. The predicted octanol–water partition coefficient (Wildman–Crippen LogP) is 16.2. The number of carbonyl (C=O) groups excluding carboxylic acids is 6. The molecule has 0 spiro atoms. The fourth-order valence-electron chi connectivity index (χ4n) is 10.7. The van der Waals surface area contributed by atoms with E-state index in [4.69, 9.17) is 51.0 Å². The Morgan fingerprint density at radius 2 is 0.515 bits per heavy atom. The van der Waals surface area contributed by atoms with E-state index in [9.17, 15) is 41.9 Å². The molecule has 0 bridgehead atoms. The average Bonchev–Trinajstić information content (AvgIpc) is 1.70. The van der Waals surface area contributed by atoms with Crippen LogP contribution >= 0.6 is 34.8 Å². The Morgan fingerprint density at radius 3 is 0.758 bits per heavy atom. The number of likely N-dealkylation sites (tertiary alicyclic amines) is 3. The Morgan fingerprint density at radius 1 is 0.283 bits per heavy atom. The largest absolute Gasteiger partial charge is 0.357 e. The summed E-state index contributed by atoms with van der Waals surface area (Å²) in [6.45, 7) is 5.21. The maximum Gasteiger partial charge on any atom is 0.257 e. The third-order valence-electron chi connectivity index (χ3n) is 16.3. The number of hydrogen-bond donors (Lipinski definition) is 9. The molecule has 0 radical (unpaired) electrons. The van der Waals surface area contributed by atoms with Crippen molar-refractivity contribution < 1.29 is 41.9 Å². The van der Waals surface area contributed by atoms with Crippen molar-refractivity contribution in [2.24, 2.45) is 0 Å². The fourth-order valence-corrected chi connectivity index (χ4v) is 11.1. The molecular weight excluding hydrogens is 1330 g/mol. The molecule has 0 unspecified atom stereocenters. The van der Waals surface area contributed by atoms with Gasteiger partial charge >= 0.3 is 0 Å². The number of benzene rings is 9. The van der Waals surface area contributed by atoms with Gasteiger partial charge in [-0.15, -0.1) is 0 Å². The fraction of sp³-hybridized carbons (Fsp3) is 0.160. The lowest BCUT2D eigenvalue weighted by atomic mass is 10.1. The summed E-state index contributed by atoms with van der Waals surface area (Å²) in [4.78, 5) is 82.6. The van der Waals surface area contributed by atoms with Crippen LogP contribution in [0.5, 0.6) is 0 Å². The summed E-state index contributed by atoms with van der Waals surface area (Å²) < 4.78 is 41.6. The first-order valence-electron chi connectivity index (χ1n) is 31.6. The molecule has 0 aromatic heterocycles. The van der Waals surface area contributed by atoms with Crippen LogP contribution in [0.2, 0.25) is 15.1 Å². The zero-order chi connectivity index (χ0) is 70.1. The molecule has 504 valence electrons. The first kappa shape index (κ1) is 70.7. The number of halogens is 6. The monoisotopic (exact) mass is 1390 g/mol. The standard InChI is InChI=1S/C26H24ClFN4O2.C25H22ClFN4O2.C24H20ClFN4O2/c27-19-8-11-21(12-9-19)30-26(34)22-16-20(28)10-13-23(22)31-25(33)18-6-4-17(5-7-18)24(29)32-14-2-1-3-15-32;26-18-7-10-20(11-8-18)29-25(33)21-15-19(27)9-12-22(21)30-24(32)17-5-3-16(4-6-17)23(28)31-13-1-2-14-31;25-17-6-9-19(10-7-17)28-24(32)20-14-18(26)8-11-21(20)29-23(31)16-4-2-15(3-5-16)22(27)30-12-1-13-30/h4-13,16,29H,1-3,14-15H2,(H,30,34)(H,31,33);3-12,15,28H,1-2,13-14H2,(H,29,33)(H,30,32);2-11,14,27H,1,12-13H2,(H,28,32)(H,29,31). The lowest BCUT2D eigenvalue weighted by Crippen LogP contribution is -2.42. The Balaban J connectivity index is 0.000000161. The molecular formula is C75H66Cl3F3N12O6. The van der Waals surface area contributed by atoms with E-state index in [2.05, 4.69) is 31.9 Å². The zero-order valence-electron chi connectivity index (χ0n) is 53.1. The van der Waals surface area contributed by atoms with Crippen LogP contribution in [0.25, 0.3) is 0 Å². The number of nitrogens with one attached hydrogen (secondary N) is 9. The van der Waals surface area contributed by atoms with Gasteiger partial charge in [-0.05, 0) is 202 Å². The van der Waals surface area contributed by atoms with E-state index in [1.54, 1.807) is 146 Å². The summed E-state index contributed by atoms with van der Waals surface area (Å²) in [6.07, 6.45) is 6.58. The van der Waals surface area contributed by atoms with Crippen molar-refractivity contribution in [2.45, 2.75) is 38.5 Å². The van der Waals surface area contributed by atoms with Crippen molar-refractivity contribution in [1.29, 1.82) is 16.2 Å². The molecule has 9 aromatic carbocycles. The van der Waals surface area contributed by atoms with Crippen LogP contribution in [0.15, 0.2) is 200 Å². The van der Waals surface area contributed by atoms with Gasteiger partial charge in [0.25, 0.3) is 35.4 Å². The second kappa shape index (κ2) is 33.2. The molecule has 6 amide bonds. The summed E-state index contributed by atoms with van der Waals surface area (Å²) in [5.41, 5.74) is 5.27. The Labute approximate surface area is 584 Å². The molecule has 9 aromatic rings. The minimum absolute atomic E-state index is 0.00760. The van der Waals surface area contributed by atoms with Gasteiger partial charge in [0.1, 0.15) is 35.0 Å². The van der Waals surface area contributed by atoms with Crippen molar-refractivity contribution in [1.82, 2.24) is 14.7 Å². The van der Waals surface area contributed by atoms with Gasteiger partial charge in [-0.25, -0.2) is 13.2 Å². The number of hydrogen-bond acceptors (Lipinski definition) is 9. The number of piperidine rings is 1. The van der Waals surface area contributed by atoms with E-state index >= 15 is 0 Å². The quantitative estimate of drug-likeness (QED) is 0.0349. The van der Waals surface area contributed by atoms with E-state index in [0.717, 1.165) is 106 Å². The Hall–Kier alpha value is -11.1. The van der Waals surface area contributed by atoms with Crippen LogP contribution in [0.4, 0.5) is 47.3 Å². The van der Waals surface area contributed by atoms with E-state index in [1.807, 2.05) is 14.7 Å². The first-order chi connectivity index (χ1) is 47.7. The maximum absolute atomic E-state index is 13.9. The molecule has 12 rings (SSSR count). The van der Waals surface area contributed by atoms with Crippen LogP contribution in [-0.4, -0.2) is 107 Å². The van der Waals surface area contributed by atoms with E-state index in [-0.39, 0.29) is 33.8 Å². The van der Waals surface area contributed by atoms with Crippen LogP contribution in [-0.2, 0) is 0 Å². The minimum Gasteiger partial charge on any atom is -0.357 e. The van der Waals surface area contributed by atoms with E-state index < -0.39 is 52.9 Å². The molecule has 3 heterocycles. The summed E-state index contributed by atoms with van der Waals surface area (Å²) in [5, 5.41) is 42.5. The summed E-state index contributed by atoms with van der Waals surface area (Å²) in [6, 6.07) is 50.4. The molecule has 0 aliphatic carbocycles. The van der Waals surface area contributed by atoms with Crippen LogP contribution in [0.1, 0.15) is 117 Å². The first-order valence-corrected chi connectivity index (χ1v) is 32.7. The van der Waals surface area contributed by atoms with Crippen molar-refractivity contribution in [3.8, 4) is 0 Å². The maximum atomic E-state index is 13.9. The number of carbonyl (C=O) groups is 6. The summed E-state index contributed by atoms with van der Waals surface area (Å²) >= 11 is 17.6. The van der Waals surface area contributed by atoms with Gasteiger partial charge in [-0.3, -0.25) is 45.0 Å². The normalized spacial score (nSPS) is 13.0. The molecule has 3 aliphatic rings. The number of anilines is 6. The van der Waals surface area contributed by atoms with Gasteiger partial charge in [0, 0.05) is 105 Å². The van der Waals surface area contributed by atoms with Gasteiger partial charge in [-0.1, -0.05) is 71.2 Å². The van der Waals surface area contributed by atoms with Gasteiger partial charge < -0.3 is 46.6 Å². The molecule has 0 saturated carbocycles. The van der Waals surface area contributed by atoms with Gasteiger partial charge in [0.05, 0.1) is 33.8 Å². The lowest BCUT2D eigenvalue weighted by molar-refractivity contribution is 0.101. The average molecular weight is 1390 g/mol. The molecule has 24 heteroatoms. The van der Waals surface area contributed by atoms with Gasteiger partial charge in [0.2, 0.25) is 0 Å². The highest BCUT2D eigenvalue weighted by Gasteiger charge is 2.24. The number of nitrogens with zero attached hydrogens (tertiary/aromatic N) is 3. The highest BCUT2D eigenvalue weighted by atomic mass is 35.5. The Bertz CT molecular complexity index is 4480. The zero-order valence-corrected chi connectivity index (χ0v) is 55.4. The lowest BCUT2D eigenvalue weighted by Gasteiger charge is -2.33. The summed E-state index contributed by atoms with van der Waals surface area (Å²) in [5.74, 6) is -3.50. The van der Waals surface area contributed by atoms with Gasteiger partial charge in [-0.2, -0.15) is 0 Å². The SMILES string of the molecule is N=C(c1ccc(C(=O)Nc2ccc(F)cc2C(=O)Nc2ccc(Cl)cc2)cc1)N1CCC1.N=C(c1ccc(C(=O)Nc2ccc(F)cc2C(=O)Nc2ccc(Cl)cc2)cc1)N1CCCC1.N=C(c1ccc(C(=O)Nc2ccc(F)cc2C(=O)Nc2ccc(Cl)cc2)cc1)N1CCCCC1. The second-order valence-electron chi connectivity index (χ2n) is 23.2. The number of amides is 6. The molecule has 18 nitrogen and oxygen atoms in total. The molecule has 3 fully saturated rings. The van der Waals surface area contributed by atoms with Crippen LogP contribution in [0, 0.1) is 33.7 Å². The van der Waals surface area contributed by atoms with Crippen molar-refractivity contribution in [3.63, 3.8) is 0 Å². The topological polar surface area (TPSA) is 256 Å². The highest BCUT2D eigenvalue weighted by molar-refractivity contribution is 6.31. The second-order valence-corrected chi connectivity index (χ2v) is 24.5. The molecule has 99 heavy (non-hydrogen) atoms. The number of amidine groups is 3. The summed E-state index contributed by atoms with van der Waals surface area (Å²) in [7, 11) is 0. The van der Waals surface area contributed by atoms with Gasteiger partial charge in [0.15, 0.2) is 0 Å². The number of rotatable bonds is 15. The molecule has 9 N–H and O–H groups in total. The third kappa shape index (κ3) is 19.1. The van der Waals surface area contributed by atoms with Crippen LogP contribution in [0.3, 0.4) is 0 Å². The predicted molar refractivity (Wildman–Crippen MR) is 384 cm³/mol. The van der Waals surface area contributed by atoms with Crippen molar-refractivity contribution >= 4 is 122 Å². The highest BCUT2D eigenvalue weighted by Crippen LogP contribution is 2.27. The van der Waals surface area contributed by atoms with E-state index in [0.29, 0.717) is 66.3 Å². The van der Waals surface area contributed by atoms with Crippen molar-refractivity contribution in [3.05, 3.63) is 283 Å². The van der Waals surface area contributed by atoms with Crippen molar-refractivity contribution in [2.75, 3.05) is 71.2 Å². The molecule has 3 aliphatic heterocycles. The minimum atomic E-state index is -0.599.